The molecule has 10 nitrogen and oxygen atoms in total. The van der Waals surface area contributed by atoms with Gasteiger partial charge >= 0.3 is 5.82 Å². The van der Waals surface area contributed by atoms with Crippen LogP contribution < -0.4 is 5.32 Å². The first kappa shape index (κ1) is 20.2. The molecule has 12 heteroatoms. The molecule has 1 saturated heterocycles. The van der Waals surface area contributed by atoms with Crippen LogP contribution >= 0.6 is 11.6 Å². The number of nitrogens with one attached hydrogen (secondary N) is 1. The van der Waals surface area contributed by atoms with Crippen molar-refractivity contribution in [2.24, 2.45) is 0 Å². The number of carbonyl (C=O) groups excluding carboxylic acids is 1. The number of benzene rings is 1. The first-order valence-corrected chi connectivity index (χ1v) is 10.3. The number of aromatic nitrogens is 2. The van der Waals surface area contributed by atoms with Gasteiger partial charge in [0.05, 0.1) is 5.02 Å². The fraction of sp³-hybridized carbons (Fsp3) is 0.375. The zero-order valence-corrected chi connectivity index (χ0v) is 16.3. The number of sulfonamides is 1. The van der Waals surface area contributed by atoms with E-state index < -0.39 is 20.9 Å². The maximum Gasteiger partial charge on any atom is 0.381 e. The van der Waals surface area contributed by atoms with Crippen molar-refractivity contribution in [2.45, 2.75) is 30.7 Å². The summed E-state index contributed by atoms with van der Waals surface area (Å²) in [4.78, 5) is 25.7. The number of imidazole rings is 1. The largest absolute Gasteiger partial charge is 0.381 e. The number of nitro groups is 1. The van der Waals surface area contributed by atoms with Gasteiger partial charge in [-0.25, -0.2) is 8.42 Å². The molecular weight excluding hydrogens is 410 g/mol. The van der Waals surface area contributed by atoms with E-state index in [0.717, 1.165) is 25.5 Å². The standard InChI is InChI=1S/C16H18ClN5O5S/c17-13-5-4-12(8-14(13)28(26,27)21-6-2-1-3-7-21)19-16(23)10-20-9-15(18-11-20)22(24)25/h4-5,8-9,11H,1-3,6-7,10H2,(H,19,23). The summed E-state index contributed by atoms with van der Waals surface area (Å²) < 4.78 is 28.4. The second kappa shape index (κ2) is 8.25. The predicted octanol–water partition coefficient (Wildman–Crippen LogP) is 2.26. The van der Waals surface area contributed by atoms with E-state index in [0.29, 0.717) is 13.1 Å². The lowest BCUT2D eigenvalue weighted by Crippen LogP contribution is -2.35. The third-order valence-electron chi connectivity index (χ3n) is 4.28. The molecule has 0 aliphatic carbocycles. The average Bonchev–Trinajstić information content (AvgIpc) is 3.12. The highest BCUT2D eigenvalue weighted by Crippen LogP contribution is 2.29. The number of nitrogens with zero attached hydrogens (tertiary/aromatic N) is 4. The average molecular weight is 428 g/mol. The maximum atomic E-state index is 12.9. The monoisotopic (exact) mass is 427 g/mol. The van der Waals surface area contributed by atoms with Crippen molar-refractivity contribution < 1.29 is 18.1 Å². The number of piperidine rings is 1. The smallest absolute Gasteiger partial charge is 0.358 e. The van der Waals surface area contributed by atoms with E-state index >= 15 is 0 Å². The minimum absolute atomic E-state index is 0.0628. The van der Waals surface area contributed by atoms with Crippen LogP contribution in [0.25, 0.3) is 0 Å². The second-order valence-electron chi connectivity index (χ2n) is 6.32. The molecule has 1 aromatic heterocycles. The van der Waals surface area contributed by atoms with Gasteiger partial charge in [-0.1, -0.05) is 18.0 Å². The van der Waals surface area contributed by atoms with Crippen molar-refractivity contribution in [3.63, 3.8) is 0 Å². The third-order valence-corrected chi connectivity index (χ3v) is 6.66. The Morgan fingerprint density at radius 1 is 1.29 bits per heavy atom. The summed E-state index contributed by atoms with van der Waals surface area (Å²) in [5, 5.41) is 13.3. The molecule has 3 rings (SSSR count). The molecule has 1 fully saturated rings. The number of halogens is 1. The van der Waals surface area contributed by atoms with Gasteiger partial charge in [0.1, 0.15) is 17.6 Å². The topological polar surface area (TPSA) is 127 Å². The first-order valence-electron chi connectivity index (χ1n) is 8.53. The van der Waals surface area contributed by atoms with Crippen molar-refractivity contribution >= 4 is 39.0 Å². The lowest BCUT2D eigenvalue weighted by molar-refractivity contribution is -0.389. The Kier molecular flexibility index (Phi) is 5.96. The lowest BCUT2D eigenvalue weighted by Gasteiger charge is -2.26. The number of rotatable bonds is 6. The highest BCUT2D eigenvalue weighted by atomic mass is 35.5. The Balaban J connectivity index is 1.75. The second-order valence-corrected chi connectivity index (χ2v) is 8.63. The molecule has 0 bridgehead atoms. The van der Waals surface area contributed by atoms with Crippen LogP contribution in [0.15, 0.2) is 35.6 Å². The fourth-order valence-corrected chi connectivity index (χ4v) is 4.94. The molecule has 0 saturated carbocycles. The van der Waals surface area contributed by atoms with Crippen LogP contribution in [0.3, 0.4) is 0 Å². The zero-order chi connectivity index (χ0) is 20.3. The van der Waals surface area contributed by atoms with Gasteiger partial charge < -0.3 is 20.0 Å². The number of hydrogen-bond donors (Lipinski definition) is 1. The van der Waals surface area contributed by atoms with Crippen LogP contribution in [-0.2, 0) is 21.4 Å². The maximum absolute atomic E-state index is 12.9. The van der Waals surface area contributed by atoms with E-state index in [-0.39, 0.29) is 28.0 Å². The lowest BCUT2D eigenvalue weighted by atomic mass is 10.2. The SMILES string of the molecule is O=C(Cn1cnc([N+](=O)[O-])c1)Nc1ccc(Cl)c(S(=O)(=O)N2CCCCC2)c1. The molecule has 0 unspecified atom stereocenters. The van der Waals surface area contributed by atoms with Crippen LogP contribution in [0.1, 0.15) is 19.3 Å². The Bertz CT molecular complexity index is 1000. The van der Waals surface area contributed by atoms with Crippen molar-refractivity contribution in [2.75, 3.05) is 18.4 Å². The highest BCUT2D eigenvalue weighted by molar-refractivity contribution is 7.89. The quantitative estimate of drug-likeness (QED) is 0.556. The number of carbonyl (C=O) groups is 1. The fourth-order valence-electron chi connectivity index (χ4n) is 2.92. The van der Waals surface area contributed by atoms with Crippen molar-refractivity contribution in [3.8, 4) is 0 Å². The molecule has 2 heterocycles. The van der Waals surface area contributed by atoms with Gasteiger partial charge in [-0.2, -0.15) is 4.31 Å². The Morgan fingerprint density at radius 2 is 2.00 bits per heavy atom. The Hall–Kier alpha value is -2.50. The number of anilines is 1. The normalized spacial score (nSPS) is 15.3. The molecule has 1 aliphatic rings. The van der Waals surface area contributed by atoms with Gasteiger partial charge in [0, 0.05) is 18.8 Å². The summed E-state index contributed by atoms with van der Waals surface area (Å²) in [6, 6.07) is 4.22. The van der Waals surface area contributed by atoms with Crippen LogP contribution in [-0.4, -0.2) is 46.2 Å². The van der Waals surface area contributed by atoms with Gasteiger partial charge in [0.25, 0.3) is 0 Å². The van der Waals surface area contributed by atoms with Crippen LogP contribution in [0.2, 0.25) is 5.02 Å². The van der Waals surface area contributed by atoms with Gasteiger partial charge in [-0.3, -0.25) is 4.79 Å². The molecule has 1 amide bonds. The minimum Gasteiger partial charge on any atom is -0.358 e. The molecule has 0 atom stereocenters. The predicted molar refractivity (Wildman–Crippen MR) is 102 cm³/mol. The first-order chi connectivity index (χ1) is 13.3. The summed E-state index contributed by atoms with van der Waals surface area (Å²) in [6.07, 6.45) is 4.89. The van der Waals surface area contributed by atoms with Crippen molar-refractivity contribution in [1.82, 2.24) is 13.9 Å². The van der Waals surface area contributed by atoms with E-state index in [1.165, 1.54) is 33.4 Å². The zero-order valence-electron chi connectivity index (χ0n) is 14.7. The van der Waals surface area contributed by atoms with Gasteiger partial charge in [0.15, 0.2) is 0 Å². The summed E-state index contributed by atoms with van der Waals surface area (Å²) in [7, 11) is -3.76. The molecule has 0 spiro atoms. The van der Waals surface area contributed by atoms with Gasteiger partial charge in [0.2, 0.25) is 22.3 Å². The Morgan fingerprint density at radius 3 is 2.64 bits per heavy atom. The molecule has 150 valence electrons. The van der Waals surface area contributed by atoms with E-state index in [2.05, 4.69) is 10.3 Å². The van der Waals surface area contributed by atoms with E-state index in [9.17, 15) is 23.3 Å². The molecule has 28 heavy (non-hydrogen) atoms. The van der Waals surface area contributed by atoms with E-state index in [4.69, 9.17) is 11.6 Å². The highest BCUT2D eigenvalue weighted by Gasteiger charge is 2.28. The van der Waals surface area contributed by atoms with Crippen LogP contribution in [0.5, 0.6) is 0 Å². The molecule has 2 aromatic rings. The molecule has 1 aromatic carbocycles. The summed E-state index contributed by atoms with van der Waals surface area (Å²) >= 11 is 6.10. The summed E-state index contributed by atoms with van der Waals surface area (Å²) in [5.74, 6) is -0.856. The summed E-state index contributed by atoms with van der Waals surface area (Å²) in [6.45, 7) is 0.668. The minimum atomic E-state index is -3.76. The van der Waals surface area contributed by atoms with Crippen LogP contribution in [0, 0.1) is 10.1 Å². The van der Waals surface area contributed by atoms with Crippen molar-refractivity contribution in [3.05, 3.63) is 45.9 Å². The molecule has 1 aliphatic heterocycles. The van der Waals surface area contributed by atoms with E-state index in [1.54, 1.807) is 0 Å². The van der Waals surface area contributed by atoms with Crippen LogP contribution in [0.4, 0.5) is 11.5 Å². The van der Waals surface area contributed by atoms with Gasteiger partial charge in [-0.15, -0.1) is 0 Å². The Labute approximate surface area is 166 Å². The summed E-state index contributed by atoms with van der Waals surface area (Å²) in [5.41, 5.74) is 0.264. The van der Waals surface area contributed by atoms with Crippen molar-refractivity contribution in [1.29, 1.82) is 0 Å². The number of hydrogen-bond acceptors (Lipinski definition) is 6. The third kappa shape index (κ3) is 4.49. The van der Waals surface area contributed by atoms with E-state index in [1.807, 2.05) is 0 Å². The molecular formula is C16H18ClN5O5S. The number of amides is 1. The molecule has 1 N–H and O–H groups in total. The molecule has 0 radical (unpaired) electrons. The van der Waals surface area contributed by atoms with Gasteiger partial charge in [-0.05, 0) is 40.9 Å².